The number of hydrogen-bond donors (Lipinski definition) is 0. The van der Waals surface area contributed by atoms with Crippen molar-refractivity contribution in [1.29, 1.82) is 0 Å². The fourth-order valence-electron chi connectivity index (χ4n) is 7.36. The highest BCUT2D eigenvalue weighted by atomic mass is 19.4. The molecule has 3 aromatic carbocycles. The van der Waals surface area contributed by atoms with Crippen molar-refractivity contribution in [2.45, 2.75) is 37.6 Å². The minimum Gasteiger partial charge on any atom is -0.493 e. The number of rotatable bonds is 12. The molecule has 51 heavy (non-hydrogen) atoms. The number of ether oxygens (including phenoxy) is 4. The van der Waals surface area contributed by atoms with E-state index >= 15 is 0 Å². The highest BCUT2D eigenvalue weighted by molar-refractivity contribution is 5.96. The number of para-hydroxylation sites is 2. The predicted molar refractivity (Wildman–Crippen MR) is 184 cm³/mol. The number of hydrogen-bond acceptors (Lipinski definition) is 8. The van der Waals surface area contributed by atoms with E-state index in [2.05, 4.69) is 14.5 Å². The first kappa shape index (κ1) is 36.2. The van der Waals surface area contributed by atoms with E-state index in [0.29, 0.717) is 66.9 Å². The Morgan fingerprint density at radius 3 is 2.29 bits per heavy atom. The fraction of sp³-hybridized carbons (Fsp3) is 0.459. The molecular formula is C37H43F4N5O5. The first-order valence-corrected chi connectivity index (χ1v) is 17.0. The second kappa shape index (κ2) is 15.4. The van der Waals surface area contributed by atoms with Gasteiger partial charge in [-0.3, -0.25) is 9.53 Å². The summed E-state index contributed by atoms with van der Waals surface area (Å²) in [6.07, 6.45) is -2.42. The largest absolute Gasteiger partial charge is 0.522 e. The van der Waals surface area contributed by atoms with E-state index in [0.717, 1.165) is 43.6 Å². The maximum atomic E-state index is 14.1. The number of methoxy groups -OCH3 is 3. The smallest absolute Gasteiger partial charge is 0.493 e. The Hall–Kier alpha value is -4.56. The second-order valence-electron chi connectivity index (χ2n) is 13.0. The number of anilines is 1. The van der Waals surface area contributed by atoms with Crippen molar-refractivity contribution in [3.05, 3.63) is 77.6 Å². The fourth-order valence-corrected chi connectivity index (χ4v) is 7.36. The lowest BCUT2D eigenvalue weighted by molar-refractivity contribution is -0.325. The van der Waals surface area contributed by atoms with Crippen LogP contribution in [0.3, 0.4) is 0 Å². The van der Waals surface area contributed by atoms with E-state index in [9.17, 15) is 22.4 Å². The lowest BCUT2D eigenvalue weighted by atomic mass is 9.76. The van der Waals surface area contributed by atoms with Crippen LogP contribution in [0.4, 0.5) is 23.5 Å². The molecule has 274 valence electrons. The van der Waals surface area contributed by atoms with Gasteiger partial charge in [-0.2, -0.15) is 0 Å². The zero-order valence-corrected chi connectivity index (χ0v) is 29.0. The van der Waals surface area contributed by atoms with E-state index in [4.69, 9.17) is 19.2 Å². The van der Waals surface area contributed by atoms with Crippen LogP contribution < -0.4 is 19.1 Å². The third-order valence-corrected chi connectivity index (χ3v) is 10.0. The zero-order valence-electron chi connectivity index (χ0n) is 29.0. The number of fused-ring (bicyclic) bond motifs is 1. The standard InChI is InChI=1S/C37H43F4N5O5/c1-48-31-23-26(24-32(49-2)33(31)50-3)34(47)45-18-14-36(25-45,27-9-11-28(38)12-10-27)13-17-43-15-6-16-44(20-19-43)35-42-29-7-4-5-8-30(29)46(35)21-22-51-37(39,40)41/h4-5,7-12,23-24H,6,13-22,25H2,1-3H3. The molecule has 14 heteroatoms. The van der Waals surface area contributed by atoms with Crippen molar-refractivity contribution in [2.75, 3.05) is 78.6 Å². The van der Waals surface area contributed by atoms with Crippen LogP contribution in [0.1, 0.15) is 35.2 Å². The van der Waals surface area contributed by atoms with Gasteiger partial charge in [0.25, 0.3) is 5.91 Å². The van der Waals surface area contributed by atoms with Crippen LogP contribution in [0.2, 0.25) is 0 Å². The quantitative estimate of drug-likeness (QED) is 0.163. The van der Waals surface area contributed by atoms with Gasteiger partial charge in [-0.15, -0.1) is 13.2 Å². The summed E-state index contributed by atoms with van der Waals surface area (Å²) in [5.41, 5.74) is 2.47. The molecule has 1 unspecified atom stereocenters. The maximum absolute atomic E-state index is 14.1. The van der Waals surface area contributed by atoms with E-state index in [1.54, 1.807) is 16.7 Å². The summed E-state index contributed by atoms with van der Waals surface area (Å²) < 4.78 is 74.8. The topological polar surface area (TPSA) is 81.5 Å². The molecule has 4 aromatic rings. The Morgan fingerprint density at radius 2 is 1.61 bits per heavy atom. The van der Waals surface area contributed by atoms with Gasteiger partial charge in [0.1, 0.15) is 5.82 Å². The molecule has 0 spiro atoms. The van der Waals surface area contributed by atoms with Crippen molar-refractivity contribution in [1.82, 2.24) is 19.4 Å². The lowest BCUT2D eigenvalue weighted by Gasteiger charge is -2.33. The number of likely N-dealkylation sites (tertiary alicyclic amines) is 1. The van der Waals surface area contributed by atoms with E-state index < -0.39 is 18.4 Å². The lowest BCUT2D eigenvalue weighted by Crippen LogP contribution is -2.39. The molecule has 2 aliphatic rings. The van der Waals surface area contributed by atoms with Crippen LogP contribution in [0.25, 0.3) is 11.0 Å². The van der Waals surface area contributed by atoms with E-state index in [-0.39, 0.29) is 18.3 Å². The Balaban J connectivity index is 1.17. The van der Waals surface area contributed by atoms with Gasteiger partial charge in [0.2, 0.25) is 11.7 Å². The number of halogens is 4. The third kappa shape index (κ3) is 8.01. The molecule has 6 rings (SSSR count). The number of imidazole rings is 1. The number of benzene rings is 3. The van der Waals surface area contributed by atoms with Crippen LogP contribution in [-0.4, -0.2) is 105 Å². The molecule has 1 amide bonds. The molecule has 2 aliphatic heterocycles. The van der Waals surface area contributed by atoms with Crippen LogP contribution in [0.15, 0.2) is 60.7 Å². The number of carbonyl (C=O) groups is 1. The normalized spacial score (nSPS) is 18.6. The van der Waals surface area contributed by atoms with Crippen LogP contribution in [0, 0.1) is 5.82 Å². The van der Waals surface area contributed by atoms with Gasteiger partial charge in [0.05, 0.1) is 39.0 Å². The summed E-state index contributed by atoms with van der Waals surface area (Å²) in [6, 6.07) is 17.3. The van der Waals surface area contributed by atoms with Crippen LogP contribution in [0.5, 0.6) is 17.2 Å². The minimum absolute atomic E-state index is 0.0149. The molecule has 2 fully saturated rings. The monoisotopic (exact) mass is 713 g/mol. The molecule has 3 heterocycles. The van der Waals surface area contributed by atoms with E-state index in [1.165, 1.54) is 33.5 Å². The molecule has 10 nitrogen and oxygen atoms in total. The Morgan fingerprint density at radius 1 is 0.882 bits per heavy atom. The van der Waals surface area contributed by atoms with Crippen molar-refractivity contribution in [3.8, 4) is 17.2 Å². The van der Waals surface area contributed by atoms with Gasteiger partial charge < -0.3 is 33.5 Å². The molecule has 0 bridgehead atoms. The van der Waals surface area contributed by atoms with Crippen LogP contribution >= 0.6 is 0 Å². The highest BCUT2D eigenvalue weighted by Crippen LogP contribution is 2.41. The SMILES string of the molecule is COc1cc(C(=O)N2CCC(CCN3CCCN(c4nc5ccccc5n4CCOC(F)(F)F)CC3)(c3ccc(F)cc3)C2)cc(OC)c1OC. The first-order chi connectivity index (χ1) is 24.5. The van der Waals surface area contributed by atoms with Gasteiger partial charge in [0, 0.05) is 50.2 Å². The first-order valence-electron chi connectivity index (χ1n) is 17.0. The summed E-state index contributed by atoms with van der Waals surface area (Å²) in [5.74, 6) is 1.34. The van der Waals surface area contributed by atoms with Gasteiger partial charge in [-0.25, -0.2) is 9.37 Å². The highest BCUT2D eigenvalue weighted by Gasteiger charge is 2.42. The van der Waals surface area contributed by atoms with Crippen molar-refractivity contribution in [3.63, 3.8) is 0 Å². The summed E-state index contributed by atoms with van der Waals surface area (Å²) in [4.78, 5) is 25.1. The molecule has 0 saturated carbocycles. The Kier molecular flexibility index (Phi) is 10.9. The number of alkyl halides is 3. The number of nitrogens with zero attached hydrogens (tertiary/aromatic N) is 5. The average Bonchev–Trinajstić information content (AvgIpc) is 3.64. The van der Waals surface area contributed by atoms with E-state index in [1.807, 2.05) is 41.3 Å². The average molecular weight is 714 g/mol. The van der Waals surface area contributed by atoms with Crippen molar-refractivity contribution in [2.24, 2.45) is 0 Å². The summed E-state index contributed by atoms with van der Waals surface area (Å²) in [7, 11) is 4.52. The van der Waals surface area contributed by atoms with Gasteiger partial charge in [0.15, 0.2) is 11.5 Å². The number of carbonyl (C=O) groups excluding carboxylic acids is 1. The Labute approximate surface area is 294 Å². The van der Waals surface area contributed by atoms with Crippen molar-refractivity contribution < 1.29 is 41.3 Å². The molecule has 2 saturated heterocycles. The maximum Gasteiger partial charge on any atom is 0.522 e. The predicted octanol–water partition coefficient (Wildman–Crippen LogP) is 6.12. The summed E-state index contributed by atoms with van der Waals surface area (Å²) >= 11 is 0. The molecular weight excluding hydrogens is 670 g/mol. The van der Waals surface area contributed by atoms with Gasteiger partial charge in [-0.1, -0.05) is 24.3 Å². The molecule has 0 radical (unpaired) electrons. The van der Waals surface area contributed by atoms with Crippen molar-refractivity contribution >= 4 is 22.9 Å². The zero-order chi connectivity index (χ0) is 36.2. The molecule has 1 aromatic heterocycles. The Bertz CT molecular complexity index is 1790. The molecule has 0 aliphatic carbocycles. The van der Waals surface area contributed by atoms with Gasteiger partial charge >= 0.3 is 6.36 Å². The number of amides is 1. The van der Waals surface area contributed by atoms with Crippen LogP contribution in [-0.2, 0) is 16.7 Å². The summed E-state index contributed by atoms with van der Waals surface area (Å²) in [5, 5.41) is 0. The second-order valence-corrected chi connectivity index (χ2v) is 13.0. The third-order valence-electron chi connectivity index (χ3n) is 10.0. The molecule has 1 atom stereocenters. The number of aromatic nitrogens is 2. The minimum atomic E-state index is -4.70. The van der Waals surface area contributed by atoms with Gasteiger partial charge in [-0.05, 0) is 74.3 Å². The molecule has 0 N–H and O–H groups in total. The summed E-state index contributed by atoms with van der Waals surface area (Å²) in [6.45, 7) is 4.10.